The number of aromatic nitrogens is 1. The Morgan fingerprint density at radius 2 is 1.40 bits per heavy atom. The van der Waals surface area contributed by atoms with Crippen molar-refractivity contribution in [3.63, 3.8) is 0 Å². The molecule has 6 rings (SSSR count). The van der Waals surface area contributed by atoms with Crippen LogP contribution < -0.4 is 15.0 Å². The molecular weight excluding hydrogens is 602 g/mol. The fourth-order valence-corrected chi connectivity index (χ4v) is 5.45. The predicted molar refractivity (Wildman–Crippen MR) is 187 cm³/mol. The molecule has 1 aromatic heterocycles. The first-order valence-electron chi connectivity index (χ1n) is 15.6. The Bertz CT molecular complexity index is 2030. The van der Waals surface area contributed by atoms with E-state index in [9.17, 15) is 19.5 Å². The number of carboxylic acid groups (broad SMARTS) is 1. The van der Waals surface area contributed by atoms with Crippen LogP contribution in [0.25, 0.3) is 10.8 Å². The molecule has 0 aliphatic carbocycles. The first-order valence-corrected chi connectivity index (χ1v) is 15.6. The number of pyridine rings is 1. The highest BCUT2D eigenvalue weighted by molar-refractivity contribution is 6.12. The number of anilines is 2. The van der Waals surface area contributed by atoms with Gasteiger partial charge in [0.05, 0.1) is 6.54 Å². The summed E-state index contributed by atoms with van der Waals surface area (Å²) in [7, 11) is 0. The topological polar surface area (TPSA) is 109 Å². The number of hydrogen-bond donors (Lipinski definition) is 2. The maximum Gasteiger partial charge on any atom is 0.326 e. The van der Waals surface area contributed by atoms with Gasteiger partial charge in [0.2, 0.25) is 0 Å². The quantitative estimate of drug-likeness (QED) is 0.128. The average Bonchev–Trinajstić information content (AvgIpc) is 3.14. The fraction of sp³-hybridized carbons (Fsp3) is 0.100. The zero-order valence-corrected chi connectivity index (χ0v) is 26.0. The number of benzene rings is 5. The second kappa shape index (κ2) is 14.9. The third kappa shape index (κ3) is 7.57. The highest BCUT2D eigenvalue weighted by atomic mass is 16.5. The summed E-state index contributed by atoms with van der Waals surface area (Å²) >= 11 is 0. The molecule has 1 amide bonds. The van der Waals surface area contributed by atoms with Crippen molar-refractivity contribution in [1.82, 2.24) is 4.98 Å². The molecule has 0 fully saturated rings. The SMILES string of the molecule is O=C(c1ccccc1)c1ccccc1N[C@@H](Cc1ccc(OCCN(C(=O)c2cc3ccccc3cn2)c2ccccc2)cc1)C(=O)O. The number of rotatable bonds is 13. The van der Waals surface area contributed by atoms with Crippen LogP contribution in [0.1, 0.15) is 32.0 Å². The number of nitrogens with zero attached hydrogens (tertiary/aromatic N) is 2. The van der Waals surface area contributed by atoms with Gasteiger partial charge in [-0.2, -0.15) is 0 Å². The van der Waals surface area contributed by atoms with Crippen LogP contribution >= 0.6 is 0 Å². The molecule has 0 saturated heterocycles. The van der Waals surface area contributed by atoms with Crippen LogP contribution in [0.5, 0.6) is 5.75 Å². The Balaban J connectivity index is 1.10. The molecule has 0 radical (unpaired) electrons. The molecule has 8 heteroatoms. The predicted octanol–water partition coefficient (Wildman–Crippen LogP) is 7.30. The lowest BCUT2D eigenvalue weighted by atomic mass is 10.00. The largest absolute Gasteiger partial charge is 0.492 e. The van der Waals surface area contributed by atoms with Gasteiger partial charge in [-0.25, -0.2) is 4.79 Å². The van der Waals surface area contributed by atoms with Crippen LogP contribution in [-0.4, -0.2) is 46.9 Å². The van der Waals surface area contributed by atoms with E-state index in [4.69, 9.17) is 4.74 Å². The molecule has 2 N–H and O–H groups in total. The molecule has 0 aliphatic heterocycles. The summed E-state index contributed by atoms with van der Waals surface area (Å²) in [6, 6.07) is 41.0. The van der Waals surface area contributed by atoms with Crippen molar-refractivity contribution in [1.29, 1.82) is 0 Å². The van der Waals surface area contributed by atoms with Crippen molar-refractivity contribution >= 4 is 39.8 Å². The number of carbonyl (C=O) groups is 3. The molecule has 6 aromatic rings. The Labute approximate surface area is 278 Å². The van der Waals surface area contributed by atoms with Crippen molar-refractivity contribution in [2.45, 2.75) is 12.5 Å². The molecule has 0 bridgehead atoms. The van der Waals surface area contributed by atoms with Gasteiger partial charge in [0.25, 0.3) is 5.91 Å². The third-order valence-electron chi connectivity index (χ3n) is 7.95. The van der Waals surface area contributed by atoms with E-state index in [1.165, 1.54) is 0 Å². The summed E-state index contributed by atoms with van der Waals surface area (Å²) in [5, 5.41) is 15.0. The second-order valence-electron chi connectivity index (χ2n) is 11.2. The zero-order valence-electron chi connectivity index (χ0n) is 26.0. The minimum atomic E-state index is -1.04. The minimum Gasteiger partial charge on any atom is -0.492 e. The number of carboxylic acids is 1. The van der Waals surface area contributed by atoms with Gasteiger partial charge in [-0.15, -0.1) is 0 Å². The lowest BCUT2D eigenvalue weighted by molar-refractivity contribution is -0.137. The molecule has 0 unspecified atom stereocenters. The smallest absolute Gasteiger partial charge is 0.326 e. The van der Waals surface area contributed by atoms with Gasteiger partial charge in [0, 0.05) is 40.5 Å². The van der Waals surface area contributed by atoms with E-state index in [0.29, 0.717) is 28.3 Å². The van der Waals surface area contributed by atoms with Crippen LogP contribution in [0.4, 0.5) is 11.4 Å². The van der Waals surface area contributed by atoms with E-state index in [1.54, 1.807) is 77.8 Å². The number of ether oxygens (including phenoxy) is 1. The lowest BCUT2D eigenvalue weighted by Crippen LogP contribution is -2.35. The molecule has 238 valence electrons. The second-order valence-corrected chi connectivity index (χ2v) is 11.2. The van der Waals surface area contributed by atoms with Gasteiger partial charge >= 0.3 is 5.97 Å². The molecule has 1 atom stereocenters. The maximum absolute atomic E-state index is 13.6. The van der Waals surface area contributed by atoms with Crippen LogP contribution in [0.3, 0.4) is 0 Å². The first-order chi connectivity index (χ1) is 23.5. The first kappa shape index (κ1) is 31.7. The maximum atomic E-state index is 13.6. The Kier molecular flexibility index (Phi) is 9.82. The molecule has 8 nitrogen and oxygen atoms in total. The number of amides is 1. The molecule has 5 aromatic carbocycles. The Morgan fingerprint density at radius 3 is 2.12 bits per heavy atom. The van der Waals surface area contributed by atoms with E-state index in [1.807, 2.05) is 72.8 Å². The number of para-hydroxylation sites is 2. The molecule has 0 spiro atoms. The van der Waals surface area contributed by atoms with Crippen LogP contribution in [-0.2, 0) is 11.2 Å². The van der Waals surface area contributed by atoms with Crippen molar-refractivity contribution in [3.8, 4) is 5.75 Å². The van der Waals surface area contributed by atoms with E-state index < -0.39 is 12.0 Å². The zero-order chi connectivity index (χ0) is 33.3. The van der Waals surface area contributed by atoms with Gasteiger partial charge in [-0.3, -0.25) is 14.6 Å². The van der Waals surface area contributed by atoms with E-state index in [0.717, 1.165) is 22.0 Å². The summed E-state index contributed by atoms with van der Waals surface area (Å²) in [6.45, 7) is 0.504. The summed E-state index contributed by atoms with van der Waals surface area (Å²) in [5.41, 5.74) is 3.23. The van der Waals surface area contributed by atoms with E-state index in [-0.39, 0.29) is 31.3 Å². The monoisotopic (exact) mass is 635 g/mol. The van der Waals surface area contributed by atoms with Gasteiger partial charge in [-0.05, 0) is 53.4 Å². The Morgan fingerprint density at radius 1 is 0.750 bits per heavy atom. The number of nitrogens with one attached hydrogen (secondary N) is 1. The number of hydrogen-bond acceptors (Lipinski definition) is 6. The van der Waals surface area contributed by atoms with Crippen LogP contribution in [0.15, 0.2) is 146 Å². The van der Waals surface area contributed by atoms with Gasteiger partial charge in [0.1, 0.15) is 24.1 Å². The normalized spacial score (nSPS) is 11.4. The number of carbonyl (C=O) groups excluding carboxylic acids is 2. The molecular formula is C40H33N3O5. The summed E-state index contributed by atoms with van der Waals surface area (Å²) in [5.74, 6) is -0.874. The highest BCUT2D eigenvalue weighted by Crippen LogP contribution is 2.23. The van der Waals surface area contributed by atoms with Gasteiger partial charge in [0.15, 0.2) is 5.78 Å². The number of fused-ring (bicyclic) bond motifs is 1. The highest BCUT2D eigenvalue weighted by Gasteiger charge is 2.22. The van der Waals surface area contributed by atoms with E-state index in [2.05, 4.69) is 10.3 Å². The summed E-state index contributed by atoms with van der Waals surface area (Å²) in [6.07, 6.45) is 1.88. The van der Waals surface area contributed by atoms with Crippen molar-refractivity contribution < 1.29 is 24.2 Å². The van der Waals surface area contributed by atoms with Crippen molar-refractivity contribution in [3.05, 3.63) is 168 Å². The van der Waals surface area contributed by atoms with E-state index >= 15 is 0 Å². The summed E-state index contributed by atoms with van der Waals surface area (Å²) < 4.78 is 6.02. The van der Waals surface area contributed by atoms with Crippen LogP contribution in [0.2, 0.25) is 0 Å². The van der Waals surface area contributed by atoms with Crippen molar-refractivity contribution in [2.75, 3.05) is 23.4 Å². The molecule has 1 heterocycles. The van der Waals surface area contributed by atoms with Crippen LogP contribution in [0, 0.1) is 0 Å². The van der Waals surface area contributed by atoms with Gasteiger partial charge in [-0.1, -0.05) is 97.1 Å². The fourth-order valence-electron chi connectivity index (χ4n) is 5.45. The third-order valence-corrected chi connectivity index (χ3v) is 7.95. The summed E-state index contributed by atoms with van der Waals surface area (Å²) in [4.78, 5) is 45.1. The van der Waals surface area contributed by atoms with Gasteiger partial charge < -0.3 is 20.1 Å². The minimum absolute atomic E-state index is 0.179. The molecule has 0 aliphatic rings. The number of aliphatic carboxylic acids is 1. The van der Waals surface area contributed by atoms with Crippen molar-refractivity contribution in [2.24, 2.45) is 0 Å². The number of ketones is 1. The standard InChI is InChI=1S/C40H33N3O5/c44-38(29-11-3-1-4-12-29)34-17-9-10-18-35(34)42-37(40(46)47)25-28-19-21-33(22-20-28)48-24-23-43(32-15-5-2-6-16-32)39(45)36-26-30-13-7-8-14-31(30)27-41-36/h1-22,26-27,37,42H,23-25H2,(H,46,47)/t37-/m0/s1. The molecule has 0 saturated carbocycles. The molecule has 48 heavy (non-hydrogen) atoms. The lowest BCUT2D eigenvalue weighted by Gasteiger charge is -2.23. The average molecular weight is 636 g/mol. The Hall–Kier alpha value is -6.28.